The second kappa shape index (κ2) is 7.83. The number of amides is 1. The second-order valence-electron chi connectivity index (χ2n) is 5.28. The molecule has 0 aromatic heterocycles. The molecule has 0 aliphatic rings. The van der Waals surface area contributed by atoms with Gasteiger partial charge in [-0.05, 0) is 36.2 Å². The summed E-state index contributed by atoms with van der Waals surface area (Å²) in [6, 6.07) is 11.1. The normalized spacial score (nSPS) is 11.0. The summed E-state index contributed by atoms with van der Waals surface area (Å²) >= 11 is 0. The third kappa shape index (κ3) is 5.07. The van der Waals surface area contributed by atoms with Gasteiger partial charge in [0.2, 0.25) is 5.91 Å². The number of nitrogens with one attached hydrogen (secondary N) is 1. The van der Waals surface area contributed by atoms with Gasteiger partial charge in [0.05, 0.1) is 23.9 Å². The van der Waals surface area contributed by atoms with E-state index in [0.717, 1.165) is 12.1 Å². The number of ether oxygens (including phenoxy) is 1. The first-order valence-corrected chi connectivity index (χ1v) is 7.44. The number of alkyl halides is 3. The molecule has 0 bridgehead atoms. The summed E-state index contributed by atoms with van der Waals surface area (Å²) in [5, 5.41) is 2.61. The van der Waals surface area contributed by atoms with Gasteiger partial charge in [-0.3, -0.25) is 4.79 Å². The number of methoxy groups -OCH3 is 1. The summed E-state index contributed by atoms with van der Waals surface area (Å²) in [5.74, 6) is -0.921. The lowest BCUT2D eigenvalue weighted by Gasteiger charge is -2.10. The molecular weight excluding hydrogens is 335 g/mol. The van der Waals surface area contributed by atoms with E-state index >= 15 is 0 Å². The number of benzene rings is 2. The minimum Gasteiger partial charge on any atom is -0.465 e. The molecule has 1 amide bonds. The fourth-order valence-electron chi connectivity index (χ4n) is 2.21. The van der Waals surface area contributed by atoms with E-state index in [4.69, 9.17) is 0 Å². The van der Waals surface area contributed by atoms with Crippen molar-refractivity contribution in [3.8, 4) is 0 Å². The number of hydrogen-bond donors (Lipinski definition) is 1. The van der Waals surface area contributed by atoms with Gasteiger partial charge in [-0.2, -0.15) is 13.2 Å². The molecular formula is C18H16F3NO3. The number of hydrogen-bond acceptors (Lipinski definition) is 3. The van der Waals surface area contributed by atoms with Crippen molar-refractivity contribution < 1.29 is 27.5 Å². The smallest absolute Gasteiger partial charge is 0.416 e. The van der Waals surface area contributed by atoms with Crippen LogP contribution in [0.2, 0.25) is 0 Å². The van der Waals surface area contributed by atoms with Gasteiger partial charge >= 0.3 is 12.1 Å². The van der Waals surface area contributed by atoms with E-state index < -0.39 is 17.7 Å². The molecule has 0 fully saturated rings. The van der Waals surface area contributed by atoms with Crippen LogP contribution in [0.3, 0.4) is 0 Å². The summed E-state index contributed by atoms with van der Waals surface area (Å²) in [7, 11) is 1.24. The lowest BCUT2D eigenvalue weighted by Crippen LogP contribution is -2.15. The van der Waals surface area contributed by atoms with Crippen LogP contribution in [-0.2, 0) is 22.1 Å². The number of carbonyl (C=O) groups excluding carboxylic acids is 2. The van der Waals surface area contributed by atoms with E-state index in [1.165, 1.54) is 25.3 Å². The summed E-state index contributed by atoms with van der Waals surface area (Å²) < 4.78 is 42.2. The number of rotatable bonds is 5. The van der Waals surface area contributed by atoms with Crippen LogP contribution in [0.1, 0.15) is 27.9 Å². The SMILES string of the molecule is COC(=O)c1ccccc1NC(=O)CCc1ccc(C(F)(F)F)cc1. The maximum atomic E-state index is 12.5. The monoisotopic (exact) mass is 351 g/mol. The van der Waals surface area contributed by atoms with Gasteiger partial charge in [-0.1, -0.05) is 24.3 Å². The summed E-state index contributed by atoms with van der Waals surface area (Å²) in [6.45, 7) is 0. The topological polar surface area (TPSA) is 55.4 Å². The number of aryl methyl sites for hydroxylation is 1. The van der Waals surface area contributed by atoms with Gasteiger partial charge in [0.1, 0.15) is 0 Å². The van der Waals surface area contributed by atoms with Crippen molar-refractivity contribution in [2.45, 2.75) is 19.0 Å². The molecule has 4 nitrogen and oxygen atoms in total. The Kier molecular flexibility index (Phi) is 5.80. The van der Waals surface area contributed by atoms with Crippen molar-refractivity contribution in [3.63, 3.8) is 0 Å². The highest BCUT2D eigenvalue weighted by molar-refractivity contribution is 6.01. The number of anilines is 1. The Labute approximate surface area is 142 Å². The molecule has 0 unspecified atom stereocenters. The highest BCUT2D eigenvalue weighted by Gasteiger charge is 2.29. The average molecular weight is 351 g/mol. The van der Waals surface area contributed by atoms with Crippen LogP contribution in [-0.4, -0.2) is 19.0 Å². The van der Waals surface area contributed by atoms with E-state index in [1.807, 2.05) is 0 Å². The van der Waals surface area contributed by atoms with Crippen molar-refractivity contribution in [2.24, 2.45) is 0 Å². The van der Waals surface area contributed by atoms with Crippen LogP contribution in [0, 0.1) is 0 Å². The van der Waals surface area contributed by atoms with E-state index in [2.05, 4.69) is 10.1 Å². The zero-order chi connectivity index (χ0) is 18.4. The van der Waals surface area contributed by atoms with Crippen LogP contribution in [0.4, 0.5) is 18.9 Å². The third-order valence-corrected chi connectivity index (χ3v) is 3.53. The zero-order valence-electron chi connectivity index (χ0n) is 13.4. The van der Waals surface area contributed by atoms with E-state index in [-0.39, 0.29) is 24.3 Å². The Bertz CT molecular complexity index is 755. The van der Waals surface area contributed by atoms with Crippen LogP contribution >= 0.6 is 0 Å². The molecule has 0 atom stereocenters. The lowest BCUT2D eigenvalue weighted by atomic mass is 10.1. The highest BCUT2D eigenvalue weighted by atomic mass is 19.4. The van der Waals surface area contributed by atoms with Crippen molar-refractivity contribution in [2.75, 3.05) is 12.4 Å². The molecule has 2 rings (SSSR count). The second-order valence-corrected chi connectivity index (χ2v) is 5.28. The number of halogens is 3. The first kappa shape index (κ1) is 18.5. The molecule has 132 valence electrons. The quantitative estimate of drug-likeness (QED) is 0.827. The molecule has 0 aliphatic carbocycles. The Hall–Kier alpha value is -2.83. The van der Waals surface area contributed by atoms with Crippen molar-refractivity contribution in [1.82, 2.24) is 0 Å². The Morgan fingerprint density at radius 3 is 2.28 bits per heavy atom. The maximum absolute atomic E-state index is 12.5. The number of carbonyl (C=O) groups is 2. The minimum atomic E-state index is -4.38. The Morgan fingerprint density at radius 1 is 1.04 bits per heavy atom. The highest BCUT2D eigenvalue weighted by Crippen LogP contribution is 2.29. The molecule has 0 saturated heterocycles. The van der Waals surface area contributed by atoms with Gasteiger partial charge in [-0.15, -0.1) is 0 Å². The first-order valence-electron chi connectivity index (χ1n) is 7.44. The first-order chi connectivity index (χ1) is 11.8. The summed E-state index contributed by atoms with van der Waals surface area (Å²) in [6.07, 6.45) is -4.03. The molecule has 7 heteroatoms. The fourth-order valence-corrected chi connectivity index (χ4v) is 2.21. The van der Waals surface area contributed by atoms with Crippen molar-refractivity contribution in [3.05, 3.63) is 65.2 Å². The van der Waals surface area contributed by atoms with Gasteiger partial charge in [0.15, 0.2) is 0 Å². The van der Waals surface area contributed by atoms with Gasteiger partial charge in [0, 0.05) is 6.42 Å². The van der Waals surface area contributed by atoms with Crippen molar-refractivity contribution >= 4 is 17.6 Å². The van der Waals surface area contributed by atoms with Crippen LogP contribution in [0.15, 0.2) is 48.5 Å². The maximum Gasteiger partial charge on any atom is 0.416 e. The predicted octanol–water partition coefficient (Wildman–Crippen LogP) is 4.06. The molecule has 0 radical (unpaired) electrons. The molecule has 25 heavy (non-hydrogen) atoms. The van der Waals surface area contributed by atoms with Gasteiger partial charge in [0.25, 0.3) is 0 Å². The minimum absolute atomic E-state index is 0.0703. The summed E-state index contributed by atoms with van der Waals surface area (Å²) in [4.78, 5) is 23.7. The molecule has 0 aliphatic heterocycles. The van der Waals surface area contributed by atoms with E-state index in [0.29, 0.717) is 11.3 Å². The standard InChI is InChI=1S/C18H16F3NO3/c1-25-17(24)14-4-2-3-5-15(14)22-16(23)11-8-12-6-9-13(10-7-12)18(19,20)21/h2-7,9-10H,8,11H2,1H3,(H,22,23). The van der Waals surface area contributed by atoms with Crippen molar-refractivity contribution in [1.29, 1.82) is 0 Å². The number of esters is 1. The van der Waals surface area contributed by atoms with E-state index in [9.17, 15) is 22.8 Å². The molecule has 0 heterocycles. The molecule has 0 saturated carbocycles. The van der Waals surface area contributed by atoms with Crippen LogP contribution < -0.4 is 5.32 Å². The van der Waals surface area contributed by atoms with Gasteiger partial charge in [-0.25, -0.2) is 4.79 Å². The van der Waals surface area contributed by atoms with Gasteiger partial charge < -0.3 is 10.1 Å². The molecule has 2 aromatic carbocycles. The molecule has 0 spiro atoms. The Morgan fingerprint density at radius 2 is 1.68 bits per heavy atom. The van der Waals surface area contributed by atoms with Crippen LogP contribution in [0.25, 0.3) is 0 Å². The van der Waals surface area contributed by atoms with Crippen LogP contribution in [0.5, 0.6) is 0 Å². The van der Waals surface area contributed by atoms with E-state index in [1.54, 1.807) is 18.2 Å². The number of para-hydroxylation sites is 1. The predicted molar refractivity (Wildman–Crippen MR) is 86.2 cm³/mol. The largest absolute Gasteiger partial charge is 0.465 e. The average Bonchev–Trinajstić information content (AvgIpc) is 2.59. The molecule has 1 N–H and O–H groups in total. The molecule has 2 aromatic rings. The zero-order valence-corrected chi connectivity index (χ0v) is 13.4. The summed E-state index contributed by atoms with van der Waals surface area (Å²) in [5.41, 5.74) is 0.441. The third-order valence-electron chi connectivity index (χ3n) is 3.53. The Balaban J connectivity index is 1.97. The fraction of sp³-hybridized carbons (Fsp3) is 0.222. The lowest BCUT2D eigenvalue weighted by molar-refractivity contribution is -0.137.